The molecule has 0 aliphatic rings. The predicted molar refractivity (Wildman–Crippen MR) is 85.4 cm³/mol. The van der Waals surface area contributed by atoms with Crippen LogP contribution in [0.15, 0.2) is 58.2 Å². The average molecular weight is 347 g/mol. The quantitative estimate of drug-likeness (QED) is 0.712. The Kier molecular flexibility index (Phi) is 4.85. The summed E-state index contributed by atoms with van der Waals surface area (Å²) in [5, 5.41) is 10.1. The summed E-state index contributed by atoms with van der Waals surface area (Å²) < 4.78 is 32.4. The summed E-state index contributed by atoms with van der Waals surface area (Å²) >= 11 is 0.978. The molecule has 0 unspecified atom stereocenters. The van der Waals surface area contributed by atoms with Crippen molar-refractivity contribution in [1.29, 1.82) is 0 Å². The highest BCUT2D eigenvalue weighted by atomic mass is 32.2. The minimum absolute atomic E-state index is 0.0325. The Morgan fingerprint density at radius 2 is 1.75 bits per heavy atom. The number of nitrogens with one attached hydrogen (secondary N) is 1. The second-order valence-electron chi connectivity index (χ2n) is 4.67. The van der Waals surface area contributed by atoms with Crippen LogP contribution in [0, 0.1) is 11.6 Å². The number of carbonyl (C=O) groups is 1. The minimum atomic E-state index is -0.518. The molecule has 5 nitrogen and oxygen atoms in total. The smallest absolute Gasteiger partial charge is 0.277 e. The normalized spacial score (nSPS) is 10.6. The van der Waals surface area contributed by atoms with Gasteiger partial charge in [0, 0.05) is 0 Å². The average Bonchev–Trinajstić information content (AvgIpc) is 3.04. The molecule has 0 radical (unpaired) electrons. The zero-order chi connectivity index (χ0) is 16.9. The van der Waals surface area contributed by atoms with Gasteiger partial charge < -0.3 is 9.73 Å². The van der Waals surface area contributed by atoms with Crippen LogP contribution in [0.4, 0.5) is 14.5 Å². The Morgan fingerprint density at radius 3 is 2.50 bits per heavy atom. The molecule has 0 saturated carbocycles. The van der Waals surface area contributed by atoms with Gasteiger partial charge in [0.1, 0.15) is 11.6 Å². The van der Waals surface area contributed by atoms with Crippen molar-refractivity contribution in [3.05, 3.63) is 60.2 Å². The number of halogens is 2. The summed E-state index contributed by atoms with van der Waals surface area (Å²) in [6.07, 6.45) is 0. The highest BCUT2D eigenvalue weighted by molar-refractivity contribution is 7.99. The molecule has 1 aromatic heterocycles. The van der Waals surface area contributed by atoms with Crippen LogP contribution >= 0.6 is 11.8 Å². The first-order valence-corrected chi connectivity index (χ1v) is 7.87. The van der Waals surface area contributed by atoms with Crippen LogP contribution < -0.4 is 5.32 Å². The van der Waals surface area contributed by atoms with Gasteiger partial charge in [0.2, 0.25) is 5.91 Å². The number of amides is 1. The van der Waals surface area contributed by atoms with Crippen molar-refractivity contribution in [3.8, 4) is 11.5 Å². The largest absolute Gasteiger partial charge is 0.411 e. The van der Waals surface area contributed by atoms with Gasteiger partial charge in [0.25, 0.3) is 11.1 Å². The van der Waals surface area contributed by atoms with E-state index in [1.807, 2.05) is 0 Å². The third-order valence-corrected chi connectivity index (χ3v) is 3.80. The fourth-order valence-electron chi connectivity index (χ4n) is 1.89. The second-order valence-corrected chi connectivity index (χ2v) is 5.60. The van der Waals surface area contributed by atoms with E-state index in [-0.39, 0.29) is 28.1 Å². The van der Waals surface area contributed by atoms with E-state index in [1.54, 1.807) is 18.2 Å². The minimum Gasteiger partial charge on any atom is -0.411 e. The first-order chi connectivity index (χ1) is 11.6. The first-order valence-electron chi connectivity index (χ1n) is 6.89. The van der Waals surface area contributed by atoms with Crippen LogP contribution in [0.25, 0.3) is 11.5 Å². The lowest BCUT2D eigenvalue weighted by atomic mass is 10.2. The lowest BCUT2D eigenvalue weighted by Gasteiger charge is -2.04. The van der Waals surface area contributed by atoms with Crippen LogP contribution in [0.5, 0.6) is 0 Å². The summed E-state index contributed by atoms with van der Waals surface area (Å²) in [6.45, 7) is 0. The van der Waals surface area contributed by atoms with Gasteiger partial charge in [0.05, 0.1) is 17.0 Å². The maximum absolute atomic E-state index is 13.6. The molecule has 24 heavy (non-hydrogen) atoms. The number of para-hydroxylation sites is 1. The number of aromatic nitrogens is 2. The summed E-state index contributed by atoms with van der Waals surface area (Å²) in [5.41, 5.74) is 0.285. The zero-order valence-corrected chi connectivity index (χ0v) is 13.0. The van der Waals surface area contributed by atoms with Crippen LogP contribution in [-0.4, -0.2) is 21.9 Å². The number of benzene rings is 2. The lowest BCUT2D eigenvalue weighted by molar-refractivity contribution is -0.113. The van der Waals surface area contributed by atoms with E-state index in [2.05, 4.69) is 15.5 Å². The van der Waals surface area contributed by atoms with Gasteiger partial charge in [-0.1, -0.05) is 36.0 Å². The van der Waals surface area contributed by atoms with Crippen molar-refractivity contribution in [2.45, 2.75) is 5.22 Å². The molecule has 1 heterocycles. The Bertz CT molecular complexity index is 870. The number of carbonyl (C=O) groups excluding carboxylic acids is 1. The lowest BCUT2D eigenvalue weighted by Crippen LogP contribution is -2.14. The van der Waals surface area contributed by atoms with Crippen LogP contribution in [0.1, 0.15) is 0 Å². The van der Waals surface area contributed by atoms with Gasteiger partial charge in [-0.25, -0.2) is 8.78 Å². The molecule has 0 fully saturated rings. The van der Waals surface area contributed by atoms with Crippen molar-refractivity contribution in [2.75, 3.05) is 11.1 Å². The monoisotopic (exact) mass is 347 g/mol. The van der Waals surface area contributed by atoms with E-state index < -0.39 is 17.5 Å². The zero-order valence-electron chi connectivity index (χ0n) is 12.2. The molecule has 0 spiro atoms. The van der Waals surface area contributed by atoms with E-state index in [0.717, 1.165) is 11.8 Å². The SMILES string of the molecule is O=C(CSc1nnc(-c2ccccc2F)o1)Nc1ccccc1F. The highest BCUT2D eigenvalue weighted by Crippen LogP contribution is 2.25. The molecule has 3 rings (SSSR count). The second kappa shape index (κ2) is 7.22. The Balaban J connectivity index is 1.61. The van der Waals surface area contributed by atoms with Gasteiger partial charge >= 0.3 is 0 Å². The number of nitrogens with zero attached hydrogens (tertiary/aromatic N) is 2. The van der Waals surface area contributed by atoms with Gasteiger partial charge in [0.15, 0.2) is 0 Å². The van der Waals surface area contributed by atoms with Gasteiger partial charge in [-0.05, 0) is 24.3 Å². The molecule has 1 amide bonds. The summed E-state index contributed by atoms with van der Waals surface area (Å²) in [7, 11) is 0. The van der Waals surface area contributed by atoms with Crippen molar-refractivity contribution in [2.24, 2.45) is 0 Å². The Hall–Kier alpha value is -2.74. The molecule has 2 aromatic carbocycles. The number of anilines is 1. The third-order valence-electron chi connectivity index (χ3n) is 2.99. The molecule has 0 saturated heterocycles. The highest BCUT2D eigenvalue weighted by Gasteiger charge is 2.14. The molecule has 0 aliphatic carbocycles. The van der Waals surface area contributed by atoms with Gasteiger partial charge in [-0.15, -0.1) is 10.2 Å². The Labute approximate surface area is 140 Å². The van der Waals surface area contributed by atoms with Crippen molar-refractivity contribution in [3.63, 3.8) is 0 Å². The van der Waals surface area contributed by atoms with Gasteiger partial charge in [-0.2, -0.15) is 0 Å². The van der Waals surface area contributed by atoms with Crippen molar-refractivity contribution < 1.29 is 18.0 Å². The molecule has 8 heteroatoms. The topological polar surface area (TPSA) is 68.0 Å². The summed E-state index contributed by atoms with van der Waals surface area (Å²) in [5.74, 6) is -1.43. The molecule has 122 valence electrons. The van der Waals surface area contributed by atoms with Crippen molar-refractivity contribution in [1.82, 2.24) is 10.2 Å². The standard InChI is InChI=1S/C16H11F2N3O2S/c17-11-6-2-1-5-10(11)15-20-21-16(23-15)24-9-14(22)19-13-8-4-3-7-12(13)18/h1-8H,9H2,(H,19,22). The van der Waals surface area contributed by atoms with E-state index in [1.165, 1.54) is 30.3 Å². The molecule has 1 N–H and O–H groups in total. The maximum atomic E-state index is 13.6. The number of thioether (sulfide) groups is 1. The molecule has 3 aromatic rings. The summed E-state index contributed by atoms with van der Waals surface area (Å²) in [4.78, 5) is 11.8. The van der Waals surface area contributed by atoms with Gasteiger partial charge in [-0.3, -0.25) is 4.79 Å². The fourth-order valence-corrected chi connectivity index (χ4v) is 2.45. The van der Waals surface area contributed by atoms with Crippen LogP contribution in [-0.2, 0) is 4.79 Å². The first kappa shape index (κ1) is 16.1. The number of hydrogen-bond donors (Lipinski definition) is 1. The van der Waals surface area contributed by atoms with E-state index in [0.29, 0.717) is 0 Å². The molecule has 0 bridgehead atoms. The molecular weight excluding hydrogens is 336 g/mol. The third kappa shape index (κ3) is 3.77. The predicted octanol–water partition coefficient (Wildman–Crippen LogP) is 3.75. The van der Waals surface area contributed by atoms with E-state index >= 15 is 0 Å². The van der Waals surface area contributed by atoms with E-state index in [4.69, 9.17) is 4.42 Å². The maximum Gasteiger partial charge on any atom is 0.277 e. The molecular formula is C16H11F2N3O2S. The molecule has 0 atom stereocenters. The number of rotatable bonds is 5. The summed E-state index contributed by atoms with van der Waals surface area (Å²) in [6, 6.07) is 11.9. The van der Waals surface area contributed by atoms with E-state index in [9.17, 15) is 13.6 Å². The number of hydrogen-bond acceptors (Lipinski definition) is 5. The van der Waals surface area contributed by atoms with Crippen molar-refractivity contribution >= 4 is 23.4 Å². The Morgan fingerprint density at radius 1 is 1.04 bits per heavy atom. The van der Waals surface area contributed by atoms with Crippen LogP contribution in [0.2, 0.25) is 0 Å². The fraction of sp³-hybridized carbons (Fsp3) is 0.0625. The van der Waals surface area contributed by atoms with Crippen LogP contribution in [0.3, 0.4) is 0 Å². The molecule has 0 aliphatic heterocycles.